The molecule has 1 aliphatic rings. The molecule has 1 aliphatic heterocycles. The van der Waals surface area contributed by atoms with Crippen LogP contribution in [0.25, 0.3) is 0 Å². The minimum Gasteiger partial charge on any atom is -0.457 e. The highest BCUT2D eigenvalue weighted by atomic mass is 35.5. The van der Waals surface area contributed by atoms with Gasteiger partial charge in [-0.15, -0.1) is 12.4 Å². The average Bonchev–Trinajstić information content (AvgIpc) is 2.68. The Labute approximate surface area is 183 Å². The molecule has 2 aromatic carbocycles. The number of halogens is 1. The van der Waals surface area contributed by atoms with Gasteiger partial charge < -0.3 is 26.4 Å². The summed E-state index contributed by atoms with van der Waals surface area (Å²) < 4.78 is 5.86. The second kappa shape index (κ2) is 11.4. The maximum absolute atomic E-state index is 12.6. The van der Waals surface area contributed by atoms with Gasteiger partial charge in [0.2, 0.25) is 5.91 Å². The lowest BCUT2D eigenvalue weighted by atomic mass is 9.99. The van der Waals surface area contributed by atoms with Crippen LogP contribution in [-0.2, 0) is 4.79 Å². The maximum atomic E-state index is 12.6. The summed E-state index contributed by atoms with van der Waals surface area (Å²) in [6.45, 7) is 2.99. The highest BCUT2D eigenvalue weighted by molar-refractivity contribution is 5.85. The summed E-state index contributed by atoms with van der Waals surface area (Å²) in [6, 6.07) is 16.0. The van der Waals surface area contributed by atoms with E-state index >= 15 is 0 Å². The lowest BCUT2D eigenvalue weighted by Crippen LogP contribution is -2.47. The number of hydrogen-bond acceptors (Lipinski definition) is 4. The van der Waals surface area contributed by atoms with E-state index in [0.717, 1.165) is 24.9 Å². The molecule has 3 rings (SSSR count). The Bertz CT molecular complexity index is 834. The number of primary amides is 1. The van der Waals surface area contributed by atoms with Gasteiger partial charge in [0.05, 0.1) is 12.5 Å². The highest BCUT2D eigenvalue weighted by Gasteiger charge is 2.23. The zero-order valence-electron chi connectivity index (χ0n) is 17.0. The summed E-state index contributed by atoms with van der Waals surface area (Å²) in [7, 11) is 0. The van der Waals surface area contributed by atoms with Crippen molar-refractivity contribution < 1.29 is 14.3 Å². The Hall–Kier alpha value is -2.77. The zero-order chi connectivity index (χ0) is 20.6. The van der Waals surface area contributed by atoms with Crippen molar-refractivity contribution in [3.8, 4) is 11.5 Å². The number of amides is 3. The minimum atomic E-state index is -0.673. The Kier molecular flexibility index (Phi) is 8.95. The molecule has 0 spiro atoms. The number of urea groups is 1. The number of hydrogen-bond donors (Lipinski definition) is 4. The fraction of sp³-hybridized carbons (Fsp3) is 0.364. The van der Waals surface area contributed by atoms with Crippen molar-refractivity contribution in [3.05, 3.63) is 60.2 Å². The molecule has 0 aliphatic carbocycles. The molecule has 1 heterocycles. The van der Waals surface area contributed by atoms with E-state index in [1.807, 2.05) is 54.6 Å². The third-order valence-electron chi connectivity index (χ3n) is 4.93. The van der Waals surface area contributed by atoms with Crippen LogP contribution >= 0.6 is 12.4 Å². The number of ether oxygens (including phenoxy) is 1. The van der Waals surface area contributed by atoms with Crippen LogP contribution in [0, 0.1) is 0 Å². The number of para-hydroxylation sites is 1. The summed E-state index contributed by atoms with van der Waals surface area (Å²) in [4.78, 5) is 24.1. The number of nitrogens with one attached hydrogen (secondary N) is 3. The summed E-state index contributed by atoms with van der Waals surface area (Å²) in [5.41, 5.74) is 6.10. The van der Waals surface area contributed by atoms with Crippen LogP contribution in [0.2, 0.25) is 0 Å². The Balaban J connectivity index is 0.00000320. The quantitative estimate of drug-likeness (QED) is 0.538. The molecular formula is C22H29ClN4O3. The molecule has 0 saturated carbocycles. The van der Waals surface area contributed by atoms with E-state index < -0.39 is 12.1 Å². The van der Waals surface area contributed by atoms with Crippen LogP contribution in [-0.4, -0.2) is 30.6 Å². The molecule has 3 unspecified atom stereocenters. The van der Waals surface area contributed by atoms with Gasteiger partial charge in [0.1, 0.15) is 11.5 Å². The van der Waals surface area contributed by atoms with Crippen molar-refractivity contribution >= 4 is 24.3 Å². The molecule has 1 fully saturated rings. The summed E-state index contributed by atoms with van der Waals surface area (Å²) >= 11 is 0. The van der Waals surface area contributed by atoms with E-state index in [1.54, 1.807) is 0 Å². The first-order chi connectivity index (χ1) is 14.0. The standard InChI is InChI=1S/C22H28N4O3.ClH/c1-15-12-17(10-11-24-15)25-21(27)14-20(26-22(23)28)16-6-5-9-19(13-16)29-18-7-3-2-4-8-18;/h2-9,13,15,17,20,24H,10-12,14H2,1H3,(H,25,27)(H3,23,26,28);1H. The summed E-state index contributed by atoms with van der Waals surface area (Å²) in [5.74, 6) is 1.22. The fourth-order valence-corrected chi connectivity index (χ4v) is 3.58. The SMILES string of the molecule is CC1CC(NC(=O)CC(NC(N)=O)c2cccc(Oc3ccccc3)c2)CCN1.Cl. The van der Waals surface area contributed by atoms with Gasteiger partial charge in [-0.1, -0.05) is 30.3 Å². The van der Waals surface area contributed by atoms with Gasteiger partial charge in [0.25, 0.3) is 0 Å². The topological polar surface area (TPSA) is 105 Å². The smallest absolute Gasteiger partial charge is 0.312 e. The number of piperidine rings is 1. The van der Waals surface area contributed by atoms with E-state index in [-0.39, 0.29) is 30.8 Å². The Morgan fingerprint density at radius 1 is 1.17 bits per heavy atom. The molecule has 3 amide bonds. The number of rotatable bonds is 7. The van der Waals surface area contributed by atoms with E-state index in [0.29, 0.717) is 17.5 Å². The first-order valence-electron chi connectivity index (χ1n) is 9.91. The maximum Gasteiger partial charge on any atom is 0.312 e. The number of benzene rings is 2. The van der Waals surface area contributed by atoms with E-state index in [4.69, 9.17) is 10.5 Å². The van der Waals surface area contributed by atoms with Crippen LogP contribution in [0.5, 0.6) is 11.5 Å². The molecule has 0 bridgehead atoms. The molecule has 3 atom stereocenters. The monoisotopic (exact) mass is 432 g/mol. The van der Waals surface area contributed by atoms with E-state index in [9.17, 15) is 9.59 Å². The van der Waals surface area contributed by atoms with E-state index in [1.165, 1.54) is 0 Å². The number of nitrogens with two attached hydrogens (primary N) is 1. The van der Waals surface area contributed by atoms with Crippen molar-refractivity contribution in [2.24, 2.45) is 5.73 Å². The van der Waals surface area contributed by atoms with Gasteiger partial charge in [-0.2, -0.15) is 0 Å². The van der Waals surface area contributed by atoms with Crippen LogP contribution < -0.4 is 26.4 Å². The van der Waals surface area contributed by atoms with Crippen molar-refractivity contribution in [2.45, 2.75) is 44.3 Å². The first kappa shape index (κ1) is 23.5. The Morgan fingerprint density at radius 2 is 1.90 bits per heavy atom. The zero-order valence-corrected chi connectivity index (χ0v) is 17.8. The van der Waals surface area contributed by atoms with Gasteiger partial charge in [0, 0.05) is 12.1 Å². The van der Waals surface area contributed by atoms with Gasteiger partial charge in [-0.05, 0) is 56.1 Å². The number of carbonyl (C=O) groups excluding carboxylic acids is 2. The van der Waals surface area contributed by atoms with Gasteiger partial charge in [-0.3, -0.25) is 4.79 Å². The molecule has 2 aromatic rings. The average molecular weight is 433 g/mol. The molecule has 0 radical (unpaired) electrons. The predicted octanol–water partition coefficient (Wildman–Crippen LogP) is 3.26. The molecule has 162 valence electrons. The third kappa shape index (κ3) is 7.24. The van der Waals surface area contributed by atoms with Gasteiger partial charge in [0.15, 0.2) is 0 Å². The number of carbonyl (C=O) groups is 2. The molecule has 7 nitrogen and oxygen atoms in total. The predicted molar refractivity (Wildman–Crippen MR) is 119 cm³/mol. The normalized spacial score (nSPS) is 19.1. The molecule has 1 saturated heterocycles. The third-order valence-corrected chi connectivity index (χ3v) is 4.93. The highest BCUT2D eigenvalue weighted by Crippen LogP contribution is 2.26. The molecule has 30 heavy (non-hydrogen) atoms. The lowest BCUT2D eigenvalue weighted by molar-refractivity contribution is -0.122. The van der Waals surface area contributed by atoms with Crippen molar-refractivity contribution in [1.29, 1.82) is 0 Å². The van der Waals surface area contributed by atoms with Crippen molar-refractivity contribution in [1.82, 2.24) is 16.0 Å². The van der Waals surface area contributed by atoms with Gasteiger partial charge in [-0.25, -0.2) is 4.79 Å². The Morgan fingerprint density at radius 3 is 2.60 bits per heavy atom. The molecule has 0 aromatic heterocycles. The van der Waals surface area contributed by atoms with Crippen molar-refractivity contribution in [3.63, 3.8) is 0 Å². The van der Waals surface area contributed by atoms with Crippen LogP contribution in [0.1, 0.15) is 37.8 Å². The second-order valence-electron chi connectivity index (χ2n) is 7.40. The largest absolute Gasteiger partial charge is 0.457 e. The fourth-order valence-electron chi connectivity index (χ4n) is 3.58. The van der Waals surface area contributed by atoms with Crippen LogP contribution in [0.3, 0.4) is 0 Å². The second-order valence-corrected chi connectivity index (χ2v) is 7.40. The summed E-state index contributed by atoms with van der Waals surface area (Å²) in [6.07, 6.45) is 1.89. The minimum absolute atomic E-state index is 0. The molecular weight excluding hydrogens is 404 g/mol. The van der Waals surface area contributed by atoms with Crippen molar-refractivity contribution in [2.75, 3.05) is 6.54 Å². The van der Waals surface area contributed by atoms with Crippen LogP contribution in [0.15, 0.2) is 54.6 Å². The summed E-state index contributed by atoms with van der Waals surface area (Å²) in [5, 5.41) is 9.11. The van der Waals surface area contributed by atoms with Crippen LogP contribution in [0.4, 0.5) is 4.79 Å². The van der Waals surface area contributed by atoms with Gasteiger partial charge >= 0.3 is 6.03 Å². The first-order valence-corrected chi connectivity index (χ1v) is 9.91. The molecule has 5 N–H and O–H groups in total. The van der Waals surface area contributed by atoms with E-state index in [2.05, 4.69) is 22.9 Å². The lowest BCUT2D eigenvalue weighted by Gasteiger charge is -2.29. The molecule has 8 heteroatoms.